The number of fused-ring (bicyclic) bond motifs is 1. The van der Waals surface area contributed by atoms with Crippen LogP contribution in [0.3, 0.4) is 0 Å². The molecule has 1 N–H and O–H groups in total. The highest BCUT2D eigenvalue weighted by atomic mass is 35.5. The Bertz CT molecular complexity index is 1260. The largest absolute Gasteiger partial charge is 0.478 e. The van der Waals surface area contributed by atoms with Crippen LogP contribution in [-0.4, -0.2) is 20.9 Å². The number of rotatable bonds is 4. The summed E-state index contributed by atoms with van der Waals surface area (Å²) in [7, 11) is 0. The van der Waals surface area contributed by atoms with E-state index in [0.717, 1.165) is 4.88 Å². The van der Waals surface area contributed by atoms with Crippen LogP contribution in [0.2, 0.25) is 5.02 Å². The van der Waals surface area contributed by atoms with E-state index >= 15 is 0 Å². The normalized spacial score (nSPS) is 11.3. The lowest BCUT2D eigenvalue weighted by Gasteiger charge is -2.06. The first-order valence-electron chi connectivity index (χ1n) is 8.70. The molecule has 8 heteroatoms. The van der Waals surface area contributed by atoms with Gasteiger partial charge in [-0.25, -0.2) is 18.3 Å². The molecule has 4 aromatic rings. The summed E-state index contributed by atoms with van der Waals surface area (Å²) in [4.78, 5) is 12.3. The van der Waals surface area contributed by atoms with Crippen molar-refractivity contribution in [2.24, 2.45) is 0 Å². The zero-order valence-electron chi connectivity index (χ0n) is 15.5. The number of halogens is 3. The maximum absolute atomic E-state index is 14.5. The van der Waals surface area contributed by atoms with Crippen molar-refractivity contribution in [1.82, 2.24) is 9.78 Å². The number of carbonyl (C=O) groups is 1. The van der Waals surface area contributed by atoms with Crippen molar-refractivity contribution in [3.63, 3.8) is 0 Å². The summed E-state index contributed by atoms with van der Waals surface area (Å²) in [5, 5.41) is 14.5. The quantitative estimate of drug-likeness (QED) is 0.435. The highest BCUT2D eigenvalue weighted by molar-refractivity contribution is 7.19. The van der Waals surface area contributed by atoms with Crippen molar-refractivity contribution in [2.75, 3.05) is 0 Å². The topological polar surface area (TPSA) is 55.1 Å². The van der Waals surface area contributed by atoms with E-state index < -0.39 is 11.8 Å². The van der Waals surface area contributed by atoms with Gasteiger partial charge in [0, 0.05) is 21.7 Å². The Hall–Kier alpha value is -2.77. The Morgan fingerprint density at radius 2 is 1.97 bits per heavy atom. The summed E-state index contributed by atoms with van der Waals surface area (Å²) in [5.74, 6) is -1.87. The van der Waals surface area contributed by atoms with Gasteiger partial charge in [0.1, 0.15) is 17.2 Å². The van der Waals surface area contributed by atoms with Crippen LogP contribution in [0.4, 0.5) is 8.78 Å². The first-order chi connectivity index (χ1) is 13.7. The van der Waals surface area contributed by atoms with Crippen LogP contribution in [0, 0.1) is 25.5 Å². The standard InChI is InChI=1S/C21H15ClF2N2O2S/c1-10-19(21(27)28)11(2)26(25-10)18-4-3-17(24)16-9-15(29-20(16)18)7-12-5-13(22)8-14(23)6-12/h3-6,8-9H,7H2,1-2H3,(H,27,28). The highest BCUT2D eigenvalue weighted by Crippen LogP contribution is 2.35. The predicted octanol–water partition coefficient (Wildman–Crippen LogP) is 5.92. The average Bonchev–Trinajstić information content (AvgIpc) is 3.16. The number of aromatic nitrogens is 2. The van der Waals surface area contributed by atoms with E-state index in [4.69, 9.17) is 11.6 Å². The summed E-state index contributed by atoms with van der Waals surface area (Å²) in [6.45, 7) is 3.29. The first kappa shape index (κ1) is 19.5. The van der Waals surface area contributed by atoms with Gasteiger partial charge in [-0.05, 0) is 55.8 Å². The lowest BCUT2D eigenvalue weighted by atomic mass is 10.1. The molecule has 0 saturated heterocycles. The van der Waals surface area contributed by atoms with Gasteiger partial charge in [-0.1, -0.05) is 11.6 Å². The van der Waals surface area contributed by atoms with E-state index in [1.165, 1.54) is 34.2 Å². The minimum absolute atomic E-state index is 0.133. The molecule has 2 heterocycles. The summed E-state index contributed by atoms with van der Waals surface area (Å²) >= 11 is 7.29. The van der Waals surface area contributed by atoms with Gasteiger partial charge in [0.05, 0.1) is 21.8 Å². The van der Waals surface area contributed by atoms with Gasteiger partial charge in [0.25, 0.3) is 0 Å². The Labute approximate surface area is 174 Å². The van der Waals surface area contributed by atoms with Crippen molar-refractivity contribution in [1.29, 1.82) is 0 Å². The van der Waals surface area contributed by atoms with Crippen molar-refractivity contribution in [2.45, 2.75) is 20.3 Å². The molecule has 0 aliphatic heterocycles. The lowest BCUT2D eigenvalue weighted by Crippen LogP contribution is -2.03. The zero-order valence-corrected chi connectivity index (χ0v) is 17.0. The van der Waals surface area contributed by atoms with Gasteiger partial charge < -0.3 is 5.11 Å². The molecule has 0 bridgehead atoms. The van der Waals surface area contributed by atoms with Crippen LogP contribution >= 0.6 is 22.9 Å². The second-order valence-electron chi connectivity index (χ2n) is 6.74. The molecule has 2 aromatic carbocycles. The molecule has 0 radical (unpaired) electrons. The maximum atomic E-state index is 14.5. The van der Waals surface area contributed by atoms with Crippen LogP contribution in [0.5, 0.6) is 0 Å². The SMILES string of the molecule is Cc1nn(-c2ccc(F)c3cc(Cc4cc(F)cc(Cl)c4)sc23)c(C)c1C(=O)O. The number of aromatic carboxylic acids is 1. The Balaban J connectivity index is 1.85. The fourth-order valence-corrected chi connectivity index (χ4v) is 4.93. The van der Waals surface area contributed by atoms with Crippen molar-refractivity contribution in [3.8, 4) is 5.69 Å². The van der Waals surface area contributed by atoms with Crippen molar-refractivity contribution < 1.29 is 18.7 Å². The van der Waals surface area contributed by atoms with Gasteiger partial charge >= 0.3 is 5.97 Å². The number of hydrogen-bond acceptors (Lipinski definition) is 3. The summed E-state index contributed by atoms with van der Waals surface area (Å²) < 4.78 is 30.3. The smallest absolute Gasteiger partial charge is 0.339 e. The molecular weight excluding hydrogens is 418 g/mol. The summed E-state index contributed by atoms with van der Waals surface area (Å²) in [6.07, 6.45) is 0.396. The number of carboxylic acid groups (broad SMARTS) is 1. The van der Waals surface area contributed by atoms with E-state index in [9.17, 15) is 18.7 Å². The molecule has 4 rings (SSSR count). The van der Waals surface area contributed by atoms with Gasteiger partial charge in [-0.2, -0.15) is 5.10 Å². The molecule has 0 amide bonds. The van der Waals surface area contributed by atoms with Crippen LogP contribution in [0.25, 0.3) is 15.8 Å². The molecule has 0 spiro atoms. The number of aryl methyl sites for hydroxylation is 1. The third kappa shape index (κ3) is 3.52. The maximum Gasteiger partial charge on any atom is 0.339 e. The molecular formula is C21H15ClF2N2O2S. The molecule has 0 fully saturated rings. The third-order valence-electron chi connectivity index (χ3n) is 4.69. The average molecular weight is 433 g/mol. The fraction of sp³-hybridized carbons (Fsp3) is 0.143. The van der Waals surface area contributed by atoms with Gasteiger partial charge in [0.2, 0.25) is 0 Å². The second-order valence-corrected chi connectivity index (χ2v) is 8.31. The van der Waals surface area contributed by atoms with E-state index in [0.29, 0.717) is 44.2 Å². The predicted molar refractivity (Wildman–Crippen MR) is 110 cm³/mol. The number of benzene rings is 2. The number of thiophene rings is 1. The second kappa shape index (κ2) is 7.24. The number of carboxylic acids is 1. The molecule has 0 atom stereocenters. The minimum atomic E-state index is -1.06. The Kier molecular flexibility index (Phi) is 4.88. The summed E-state index contributed by atoms with van der Waals surface area (Å²) in [6, 6.07) is 8.95. The van der Waals surface area contributed by atoms with Crippen molar-refractivity contribution >= 4 is 39.0 Å². The molecule has 29 heavy (non-hydrogen) atoms. The van der Waals surface area contributed by atoms with Gasteiger partial charge in [0.15, 0.2) is 0 Å². The van der Waals surface area contributed by atoms with E-state index in [1.807, 2.05) is 0 Å². The zero-order chi connectivity index (χ0) is 20.9. The third-order valence-corrected chi connectivity index (χ3v) is 6.07. The molecule has 4 nitrogen and oxygen atoms in total. The van der Waals surface area contributed by atoms with Gasteiger partial charge in [-0.3, -0.25) is 0 Å². The van der Waals surface area contributed by atoms with E-state index in [-0.39, 0.29) is 11.4 Å². The molecule has 148 valence electrons. The number of nitrogens with zero attached hydrogens (tertiary/aromatic N) is 2. The molecule has 2 aromatic heterocycles. The molecule has 0 aliphatic rings. The molecule has 0 aliphatic carbocycles. The number of hydrogen-bond donors (Lipinski definition) is 1. The monoisotopic (exact) mass is 432 g/mol. The van der Waals surface area contributed by atoms with Gasteiger partial charge in [-0.15, -0.1) is 11.3 Å². The van der Waals surface area contributed by atoms with Crippen LogP contribution in [-0.2, 0) is 6.42 Å². The lowest BCUT2D eigenvalue weighted by molar-refractivity contribution is 0.0695. The van der Waals surface area contributed by atoms with Crippen LogP contribution in [0.1, 0.15) is 32.2 Å². The highest BCUT2D eigenvalue weighted by Gasteiger charge is 2.21. The minimum Gasteiger partial charge on any atom is -0.478 e. The molecule has 0 unspecified atom stereocenters. The summed E-state index contributed by atoms with van der Waals surface area (Å²) in [5.41, 5.74) is 2.27. The van der Waals surface area contributed by atoms with Crippen LogP contribution < -0.4 is 0 Å². The van der Waals surface area contributed by atoms with Crippen LogP contribution in [0.15, 0.2) is 36.4 Å². The Morgan fingerprint density at radius 1 is 1.21 bits per heavy atom. The fourth-order valence-electron chi connectivity index (χ4n) is 3.48. The van der Waals surface area contributed by atoms with E-state index in [2.05, 4.69) is 5.10 Å². The van der Waals surface area contributed by atoms with E-state index in [1.54, 1.807) is 32.0 Å². The first-order valence-corrected chi connectivity index (χ1v) is 9.90. The van der Waals surface area contributed by atoms with Crippen molar-refractivity contribution in [3.05, 3.63) is 80.4 Å². The molecule has 0 saturated carbocycles. The Morgan fingerprint density at radius 3 is 2.62 bits per heavy atom.